The Hall–Kier alpha value is -1.25. The summed E-state index contributed by atoms with van der Waals surface area (Å²) in [6.07, 6.45) is 0. The van der Waals surface area contributed by atoms with E-state index >= 15 is 0 Å². The number of hydrogen-bond donors (Lipinski definition) is 2. The van der Waals surface area contributed by atoms with Gasteiger partial charge in [-0.25, -0.2) is 4.39 Å². The Morgan fingerprint density at radius 1 is 1.50 bits per heavy atom. The van der Waals surface area contributed by atoms with E-state index in [1.54, 1.807) is 6.07 Å². The van der Waals surface area contributed by atoms with E-state index in [1.807, 2.05) is 0 Å². The van der Waals surface area contributed by atoms with E-state index in [1.165, 1.54) is 12.1 Å². The minimum atomic E-state index is -0.661. The molecule has 0 radical (unpaired) electrons. The first-order chi connectivity index (χ1) is 4.74. The number of benzene rings is 1. The number of anilines is 1. The Morgan fingerprint density at radius 3 is 2.70 bits per heavy atom. The number of phenols is 1. The number of nitrogens with two attached hydrogens (primary N) is 1. The smallest absolute Gasteiger partial charge is 0.123 e. The molecule has 0 saturated carbocycles. The number of rotatable bonds is 1. The Bertz CT molecular complexity index is 237. The molecule has 0 amide bonds. The van der Waals surface area contributed by atoms with Crippen molar-refractivity contribution < 1.29 is 9.50 Å². The van der Waals surface area contributed by atoms with Crippen LogP contribution in [0.1, 0.15) is 5.56 Å². The van der Waals surface area contributed by atoms with Crippen LogP contribution in [-0.2, 0) is 6.67 Å². The molecule has 3 heteroatoms. The van der Waals surface area contributed by atoms with E-state index in [0.717, 1.165) is 0 Å². The molecule has 1 aromatic rings. The number of nitrogen functional groups attached to an aromatic ring is 1. The Kier molecular flexibility index (Phi) is 1.76. The number of alkyl halides is 1. The third-order valence-corrected chi connectivity index (χ3v) is 1.25. The third-order valence-electron chi connectivity index (χ3n) is 1.25. The molecule has 0 aliphatic heterocycles. The maximum absolute atomic E-state index is 11.9. The van der Waals surface area contributed by atoms with Gasteiger partial charge in [-0.15, -0.1) is 0 Å². The molecule has 0 aliphatic carbocycles. The summed E-state index contributed by atoms with van der Waals surface area (Å²) in [6.45, 7) is -0.661. The summed E-state index contributed by atoms with van der Waals surface area (Å²) in [7, 11) is 0. The third kappa shape index (κ3) is 1.18. The van der Waals surface area contributed by atoms with E-state index in [0.29, 0.717) is 5.69 Å². The van der Waals surface area contributed by atoms with Crippen LogP contribution in [0.15, 0.2) is 18.2 Å². The van der Waals surface area contributed by atoms with E-state index < -0.39 is 6.67 Å². The molecule has 0 saturated heterocycles. The SMILES string of the molecule is Nc1ccc(CF)c(O)c1. The molecule has 54 valence electrons. The molecule has 0 aliphatic rings. The largest absolute Gasteiger partial charge is 0.507 e. The van der Waals surface area contributed by atoms with Gasteiger partial charge in [0, 0.05) is 17.3 Å². The second kappa shape index (κ2) is 2.56. The molecule has 1 aromatic carbocycles. The topological polar surface area (TPSA) is 46.2 Å². The minimum Gasteiger partial charge on any atom is -0.507 e. The summed E-state index contributed by atoms with van der Waals surface area (Å²) >= 11 is 0. The minimum absolute atomic E-state index is 0.0810. The molecule has 0 fully saturated rings. The van der Waals surface area contributed by atoms with E-state index in [2.05, 4.69) is 0 Å². The Labute approximate surface area is 58.1 Å². The summed E-state index contributed by atoms with van der Waals surface area (Å²) in [6, 6.07) is 4.34. The molecule has 1 rings (SSSR count). The van der Waals surface area contributed by atoms with Crippen LogP contribution in [0.4, 0.5) is 10.1 Å². The summed E-state index contributed by atoms with van der Waals surface area (Å²) in [4.78, 5) is 0. The zero-order valence-electron chi connectivity index (χ0n) is 5.34. The maximum Gasteiger partial charge on any atom is 0.123 e. The maximum atomic E-state index is 11.9. The van der Waals surface area contributed by atoms with Gasteiger partial charge in [0.05, 0.1) is 0 Å². The molecular weight excluding hydrogens is 133 g/mol. The van der Waals surface area contributed by atoms with Crippen molar-refractivity contribution in [1.29, 1.82) is 0 Å². The predicted molar refractivity (Wildman–Crippen MR) is 37.3 cm³/mol. The number of aromatic hydroxyl groups is 1. The first-order valence-corrected chi connectivity index (χ1v) is 2.87. The first kappa shape index (κ1) is 6.86. The van der Waals surface area contributed by atoms with Gasteiger partial charge in [-0.3, -0.25) is 0 Å². The highest BCUT2D eigenvalue weighted by Gasteiger charge is 1.98. The van der Waals surface area contributed by atoms with Gasteiger partial charge in [-0.2, -0.15) is 0 Å². The molecule has 0 aromatic heterocycles. The summed E-state index contributed by atoms with van der Waals surface area (Å²) in [5.74, 6) is -0.0810. The van der Waals surface area contributed by atoms with Gasteiger partial charge >= 0.3 is 0 Å². The van der Waals surface area contributed by atoms with Gasteiger partial charge in [-0.05, 0) is 6.07 Å². The summed E-state index contributed by atoms with van der Waals surface area (Å²) in [5, 5.41) is 8.97. The second-order valence-corrected chi connectivity index (χ2v) is 2.02. The van der Waals surface area contributed by atoms with Crippen molar-refractivity contribution in [3.05, 3.63) is 23.8 Å². The van der Waals surface area contributed by atoms with Crippen LogP contribution in [0.25, 0.3) is 0 Å². The van der Waals surface area contributed by atoms with Crippen LogP contribution in [-0.4, -0.2) is 5.11 Å². The van der Waals surface area contributed by atoms with Crippen molar-refractivity contribution in [3.8, 4) is 5.75 Å². The van der Waals surface area contributed by atoms with Crippen molar-refractivity contribution in [2.45, 2.75) is 6.67 Å². The highest BCUT2D eigenvalue weighted by Crippen LogP contribution is 2.20. The van der Waals surface area contributed by atoms with Gasteiger partial charge in [0.2, 0.25) is 0 Å². The van der Waals surface area contributed by atoms with E-state index in [-0.39, 0.29) is 11.3 Å². The molecule has 0 unspecified atom stereocenters. The van der Waals surface area contributed by atoms with Gasteiger partial charge in [0.25, 0.3) is 0 Å². The zero-order valence-corrected chi connectivity index (χ0v) is 5.34. The Morgan fingerprint density at radius 2 is 2.20 bits per heavy atom. The van der Waals surface area contributed by atoms with Crippen LogP contribution in [0.5, 0.6) is 5.75 Å². The van der Waals surface area contributed by atoms with E-state index in [9.17, 15) is 4.39 Å². The summed E-state index contributed by atoms with van der Waals surface area (Å²) in [5.41, 5.74) is 6.01. The number of halogens is 1. The molecule has 0 heterocycles. The Balaban J connectivity index is 3.07. The standard InChI is InChI=1S/C7H8FNO/c8-4-5-1-2-6(9)3-7(5)10/h1-3,10H,4,9H2. The van der Waals surface area contributed by atoms with Gasteiger partial charge in [-0.1, -0.05) is 6.07 Å². The van der Waals surface area contributed by atoms with Gasteiger partial charge < -0.3 is 10.8 Å². The lowest BCUT2D eigenvalue weighted by atomic mass is 10.2. The molecule has 2 nitrogen and oxygen atoms in total. The fourth-order valence-electron chi connectivity index (χ4n) is 0.694. The van der Waals surface area contributed by atoms with Crippen molar-refractivity contribution >= 4 is 5.69 Å². The normalized spacial score (nSPS) is 9.70. The lowest BCUT2D eigenvalue weighted by molar-refractivity contribution is 0.433. The van der Waals surface area contributed by atoms with Crippen molar-refractivity contribution in [1.82, 2.24) is 0 Å². The summed E-state index contributed by atoms with van der Waals surface area (Å²) < 4.78 is 11.9. The van der Waals surface area contributed by atoms with Gasteiger partial charge in [0.1, 0.15) is 12.4 Å². The van der Waals surface area contributed by atoms with Gasteiger partial charge in [0.15, 0.2) is 0 Å². The van der Waals surface area contributed by atoms with Crippen LogP contribution in [0.3, 0.4) is 0 Å². The molecule has 0 bridgehead atoms. The predicted octanol–water partition coefficient (Wildman–Crippen LogP) is 1.44. The quantitative estimate of drug-likeness (QED) is 0.581. The fourth-order valence-corrected chi connectivity index (χ4v) is 0.694. The monoisotopic (exact) mass is 141 g/mol. The molecule has 0 spiro atoms. The van der Waals surface area contributed by atoms with Crippen molar-refractivity contribution in [2.24, 2.45) is 0 Å². The molecular formula is C7H8FNO. The average Bonchev–Trinajstić information content (AvgIpc) is 1.88. The molecule has 10 heavy (non-hydrogen) atoms. The van der Waals surface area contributed by atoms with Crippen LogP contribution in [0.2, 0.25) is 0 Å². The molecule has 0 atom stereocenters. The fraction of sp³-hybridized carbons (Fsp3) is 0.143. The number of hydrogen-bond acceptors (Lipinski definition) is 2. The first-order valence-electron chi connectivity index (χ1n) is 2.87. The van der Waals surface area contributed by atoms with Crippen LogP contribution >= 0.6 is 0 Å². The lowest BCUT2D eigenvalue weighted by Gasteiger charge is -1.99. The average molecular weight is 141 g/mol. The van der Waals surface area contributed by atoms with E-state index in [4.69, 9.17) is 10.8 Å². The second-order valence-electron chi connectivity index (χ2n) is 2.02. The van der Waals surface area contributed by atoms with Crippen LogP contribution < -0.4 is 5.73 Å². The zero-order chi connectivity index (χ0) is 7.56. The van der Waals surface area contributed by atoms with Crippen LogP contribution in [0, 0.1) is 0 Å². The highest BCUT2D eigenvalue weighted by molar-refractivity contribution is 5.47. The van der Waals surface area contributed by atoms with Crippen molar-refractivity contribution in [3.63, 3.8) is 0 Å². The molecule has 3 N–H and O–H groups in total. The lowest BCUT2D eigenvalue weighted by Crippen LogP contribution is -1.85. The highest BCUT2D eigenvalue weighted by atomic mass is 19.1. The number of phenolic OH excluding ortho intramolecular Hbond substituents is 1. The van der Waals surface area contributed by atoms with Crippen molar-refractivity contribution in [2.75, 3.05) is 5.73 Å².